The molecule has 0 bridgehead atoms. The monoisotopic (exact) mass is 255 g/mol. The van der Waals surface area contributed by atoms with Crippen LogP contribution >= 0.6 is 0 Å². The van der Waals surface area contributed by atoms with Crippen LogP contribution in [-0.4, -0.2) is 5.11 Å². The molecule has 0 aliphatic heterocycles. The van der Waals surface area contributed by atoms with Crippen LogP contribution in [0.15, 0.2) is 42.5 Å². The summed E-state index contributed by atoms with van der Waals surface area (Å²) in [4.78, 5) is 0. The third-order valence-electron chi connectivity index (χ3n) is 3.36. The number of phenolic OH excluding ortho intramolecular Hbond substituents is 1. The van der Waals surface area contributed by atoms with Gasteiger partial charge in [-0.15, -0.1) is 0 Å². The second-order valence-corrected chi connectivity index (χ2v) is 5.81. The Hall–Kier alpha value is -1.80. The standard InChI is InChI=1S/C17H21NO/c1-17(2,3)14-9-10-15(19)13(11-18)16(14)12-7-5-4-6-8-12/h4-10,19H,11,18H2,1-3H3. The smallest absolute Gasteiger partial charge is 0.120 e. The van der Waals surface area contributed by atoms with E-state index < -0.39 is 0 Å². The summed E-state index contributed by atoms with van der Waals surface area (Å²) in [5.74, 6) is 0.273. The van der Waals surface area contributed by atoms with Crippen molar-refractivity contribution in [3.63, 3.8) is 0 Å². The fourth-order valence-electron chi connectivity index (χ4n) is 2.40. The molecule has 0 radical (unpaired) electrons. The molecular weight excluding hydrogens is 234 g/mol. The van der Waals surface area contributed by atoms with Crippen molar-refractivity contribution in [3.05, 3.63) is 53.6 Å². The van der Waals surface area contributed by atoms with E-state index in [1.165, 1.54) is 5.56 Å². The Morgan fingerprint density at radius 1 is 1.00 bits per heavy atom. The first-order valence-electron chi connectivity index (χ1n) is 6.56. The number of benzene rings is 2. The van der Waals surface area contributed by atoms with Gasteiger partial charge in [0.05, 0.1) is 0 Å². The molecule has 0 amide bonds. The van der Waals surface area contributed by atoms with E-state index in [0.29, 0.717) is 6.54 Å². The van der Waals surface area contributed by atoms with Gasteiger partial charge in [-0.3, -0.25) is 0 Å². The highest BCUT2D eigenvalue weighted by Gasteiger charge is 2.22. The molecule has 0 aromatic heterocycles. The second-order valence-electron chi connectivity index (χ2n) is 5.81. The van der Waals surface area contributed by atoms with Gasteiger partial charge in [-0.05, 0) is 28.2 Å². The van der Waals surface area contributed by atoms with E-state index >= 15 is 0 Å². The zero-order valence-electron chi connectivity index (χ0n) is 11.8. The van der Waals surface area contributed by atoms with E-state index in [9.17, 15) is 5.11 Å². The highest BCUT2D eigenvalue weighted by Crippen LogP contribution is 2.38. The average molecular weight is 255 g/mol. The molecule has 2 aromatic rings. The number of hydrogen-bond acceptors (Lipinski definition) is 2. The molecule has 0 saturated carbocycles. The lowest BCUT2D eigenvalue weighted by atomic mass is 9.79. The molecule has 19 heavy (non-hydrogen) atoms. The van der Waals surface area contributed by atoms with Gasteiger partial charge in [0.15, 0.2) is 0 Å². The van der Waals surface area contributed by atoms with Crippen molar-refractivity contribution in [3.8, 4) is 16.9 Å². The maximum atomic E-state index is 10.1. The molecule has 3 N–H and O–H groups in total. The van der Waals surface area contributed by atoms with Gasteiger partial charge in [-0.25, -0.2) is 0 Å². The van der Waals surface area contributed by atoms with Crippen LogP contribution < -0.4 is 5.73 Å². The van der Waals surface area contributed by atoms with Crippen LogP contribution in [0.5, 0.6) is 5.75 Å². The van der Waals surface area contributed by atoms with Gasteiger partial charge in [0.2, 0.25) is 0 Å². The summed E-state index contributed by atoms with van der Waals surface area (Å²) in [7, 11) is 0. The summed E-state index contributed by atoms with van der Waals surface area (Å²) in [6.07, 6.45) is 0. The Labute approximate surface area is 114 Å². The SMILES string of the molecule is CC(C)(C)c1ccc(O)c(CN)c1-c1ccccc1. The molecule has 2 nitrogen and oxygen atoms in total. The highest BCUT2D eigenvalue weighted by atomic mass is 16.3. The van der Waals surface area contributed by atoms with Gasteiger partial charge in [0.25, 0.3) is 0 Å². The number of rotatable bonds is 2. The molecule has 0 aliphatic rings. The molecule has 0 spiro atoms. The maximum absolute atomic E-state index is 10.1. The summed E-state index contributed by atoms with van der Waals surface area (Å²) >= 11 is 0. The van der Waals surface area contributed by atoms with Crippen LogP contribution in [-0.2, 0) is 12.0 Å². The minimum atomic E-state index is 0.00277. The quantitative estimate of drug-likeness (QED) is 0.857. The molecule has 0 aliphatic carbocycles. The number of phenols is 1. The molecule has 2 rings (SSSR count). The Morgan fingerprint density at radius 2 is 1.63 bits per heavy atom. The first-order chi connectivity index (χ1) is 8.95. The number of nitrogens with two attached hydrogens (primary N) is 1. The minimum Gasteiger partial charge on any atom is -0.508 e. The fraction of sp³-hybridized carbons (Fsp3) is 0.294. The molecule has 0 atom stereocenters. The predicted molar refractivity (Wildman–Crippen MR) is 80.1 cm³/mol. The van der Waals surface area contributed by atoms with Crippen molar-refractivity contribution in [1.29, 1.82) is 0 Å². The van der Waals surface area contributed by atoms with Crippen molar-refractivity contribution in [1.82, 2.24) is 0 Å². The zero-order valence-corrected chi connectivity index (χ0v) is 11.8. The lowest BCUT2D eigenvalue weighted by Gasteiger charge is -2.25. The average Bonchev–Trinajstić information content (AvgIpc) is 2.38. The third-order valence-corrected chi connectivity index (χ3v) is 3.36. The number of hydrogen-bond donors (Lipinski definition) is 2. The minimum absolute atomic E-state index is 0.00277. The maximum Gasteiger partial charge on any atom is 0.120 e. The van der Waals surface area contributed by atoms with E-state index in [0.717, 1.165) is 16.7 Å². The van der Waals surface area contributed by atoms with Crippen molar-refractivity contribution < 1.29 is 5.11 Å². The van der Waals surface area contributed by atoms with Crippen LogP contribution in [0.4, 0.5) is 0 Å². The van der Waals surface area contributed by atoms with Crippen molar-refractivity contribution in [2.45, 2.75) is 32.7 Å². The Kier molecular flexibility index (Phi) is 3.63. The van der Waals surface area contributed by atoms with Gasteiger partial charge < -0.3 is 10.8 Å². The van der Waals surface area contributed by atoms with Gasteiger partial charge in [-0.1, -0.05) is 57.2 Å². The van der Waals surface area contributed by atoms with Gasteiger partial charge in [0, 0.05) is 12.1 Å². The van der Waals surface area contributed by atoms with Gasteiger partial charge in [0.1, 0.15) is 5.75 Å². The van der Waals surface area contributed by atoms with Gasteiger partial charge >= 0.3 is 0 Å². The Balaban J connectivity index is 2.78. The third kappa shape index (κ3) is 2.64. The van der Waals surface area contributed by atoms with Gasteiger partial charge in [-0.2, -0.15) is 0 Å². The second kappa shape index (κ2) is 5.06. The first kappa shape index (κ1) is 13.6. The van der Waals surface area contributed by atoms with Crippen LogP contribution in [0.3, 0.4) is 0 Å². The molecule has 0 unspecified atom stereocenters. The molecule has 0 saturated heterocycles. The summed E-state index contributed by atoms with van der Waals surface area (Å²) in [5.41, 5.74) is 10.0. The van der Waals surface area contributed by atoms with Crippen molar-refractivity contribution in [2.24, 2.45) is 5.73 Å². The van der Waals surface area contributed by atoms with Crippen LogP contribution in [0, 0.1) is 0 Å². The number of aromatic hydroxyl groups is 1. The summed E-state index contributed by atoms with van der Waals surface area (Å²) in [6, 6.07) is 13.9. The molecular formula is C17H21NO. The van der Waals surface area contributed by atoms with E-state index in [1.54, 1.807) is 6.07 Å². The largest absolute Gasteiger partial charge is 0.508 e. The van der Waals surface area contributed by atoms with E-state index in [4.69, 9.17) is 5.73 Å². The fourth-order valence-corrected chi connectivity index (χ4v) is 2.40. The molecule has 0 heterocycles. The lowest BCUT2D eigenvalue weighted by molar-refractivity contribution is 0.467. The Bertz CT molecular complexity index is 568. The molecule has 2 heteroatoms. The predicted octanol–water partition coefficient (Wildman–Crippen LogP) is 3.82. The van der Waals surface area contributed by atoms with E-state index in [-0.39, 0.29) is 11.2 Å². The Morgan fingerprint density at radius 3 is 2.16 bits per heavy atom. The van der Waals surface area contributed by atoms with E-state index in [1.807, 2.05) is 24.3 Å². The zero-order chi connectivity index (χ0) is 14.0. The normalized spacial score (nSPS) is 11.6. The van der Waals surface area contributed by atoms with Crippen molar-refractivity contribution in [2.75, 3.05) is 0 Å². The molecule has 100 valence electrons. The van der Waals surface area contributed by atoms with Crippen LogP contribution in [0.25, 0.3) is 11.1 Å². The molecule has 0 fully saturated rings. The van der Waals surface area contributed by atoms with Crippen LogP contribution in [0.2, 0.25) is 0 Å². The summed E-state index contributed by atoms with van der Waals surface area (Å²) in [5, 5.41) is 10.1. The summed E-state index contributed by atoms with van der Waals surface area (Å²) in [6.45, 7) is 6.85. The van der Waals surface area contributed by atoms with E-state index in [2.05, 4.69) is 32.9 Å². The lowest BCUT2D eigenvalue weighted by Crippen LogP contribution is -2.15. The topological polar surface area (TPSA) is 46.2 Å². The molecule has 2 aromatic carbocycles. The van der Waals surface area contributed by atoms with Crippen LogP contribution in [0.1, 0.15) is 31.9 Å². The highest BCUT2D eigenvalue weighted by molar-refractivity contribution is 5.74. The summed E-state index contributed by atoms with van der Waals surface area (Å²) < 4.78 is 0. The first-order valence-corrected chi connectivity index (χ1v) is 6.56. The van der Waals surface area contributed by atoms with Crippen molar-refractivity contribution >= 4 is 0 Å².